The average molecular weight is 433 g/mol. The SMILES string of the molecule is CONC(=O)c1cccc(F)c1Nc1cc(Nc2cc(C)nn2C(C)C)ncc1Cl. The van der Waals surface area contributed by atoms with Crippen molar-refractivity contribution in [3.8, 4) is 0 Å². The first-order chi connectivity index (χ1) is 14.3. The van der Waals surface area contributed by atoms with Crippen LogP contribution in [0.15, 0.2) is 36.5 Å². The second kappa shape index (κ2) is 9.10. The van der Waals surface area contributed by atoms with Gasteiger partial charge in [-0.1, -0.05) is 17.7 Å². The number of pyridine rings is 1. The molecule has 30 heavy (non-hydrogen) atoms. The molecule has 0 bridgehead atoms. The number of aryl methyl sites for hydroxylation is 1. The van der Waals surface area contributed by atoms with Crippen LogP contribution in [0.2, 0.25) is 5.02 Å². The Balaban J connectivity index is 1.94. The number of nitrogens with zero attached hydrogens (tertiary/aromatic N) is 3. The van der Waals surface area contributed by atoms with Crippen LogP contribution in [0.3, 0.4) is 0 Å². The number of anilines is 4. The van der Waals surface area contributed by atoms with Gasteiger partial charge in [-0.15, -0.1) is 0 Å². The lowest BCUT2D eigenvalue weighted by Crippen LogP contribution is -2.23. The predicted octanol–water partition coefficient (Wildman–Crippen LogP) is 4.74. The van der Waals surface area contributed by atoms with Gasteiger partial charge in [-0.25, -0.2) is 19.5 Å². The van der Waals surface area contributed by atoms with Gasteiger partial charge in [0.15, 0.2) is 0 Å². The fraction of sp³-hybridized carbons (Fsp3) is 0.250. The second-order valence-electron chi connectivity index (χ2n) is 6.81. The number of benzene rings is 1. The molecule has 0 aliphatic rings. The Labute approximate surface area is 178 Å². The minimum atomic E-state index is -0.616. The highest BCUT2D eigenvalue weighted by molar-refractivity contribution is 6.33. The Hall–Kier alpha value is -3.17. The molecule has 1 amide bonds. The van der Waals surface area contributed by atoms with Crippen molar-refractivity contribution < 1.29 is 14.0 Å². The van der Waals surface area contributed by atoms with Crippen LogP contribution in [0.5, 0.6) is 0 Å². The van der Waals surface area contributed by atoms with Gasteiger partial charge in [0.25, 0.3) is 5.91 Å². The van der Waals surface area contributed by atoms with Gasteiger partial charge in [0, 0.05) is 18.2 Å². The van der Waals surface area contributed by atoms with Crippen molar-refractivity contribution in [1.82, 2.24) is 20.2 Å². The highest BCUT2D eigenvalue weighted by Gasteiger charge is 2.17. The van der Waals surface area contributed by atoms with Gasteiger partial charge < -0.3 is 10.6 Å². The molecular formula is C20H22ClFN6O2. The molecule has 3 N–H and O–H groups in total. The summed E-state index contributed by atoms with van der Waals surface area (Å²) in [7, 11) is 1.30. The molecule has 10 heteroatoms. The Morgan fingerprint density at radius 2 is 2.03 bits per heavy atom. The third kappa shape index (κ3) is 4.69. The molecule has 2 aromatic heterocycles. The normalized spacial score (nSPS) is 10.9. The summed E-state index contributed by atoms with van der Waals surface area (Å²) in [5.41, 5.74) is 3.44. The first-order valence-electron chi connectivity index (χ1n) is 9.17. The van der Waals surface area contributed by atoms with Crippen LogP contribution in [0.1, 0.15) is 35.9 Å². The van der Waals surface area contributed by atoms with E-state index in [1.807, 2.05) is 31.5 Å². The topological polar surface area (TPSA) is 93.1 Å². The number of rotatable bonds is 7. The van der Waals surface area contributed by atoms with E-state index in [0.717, 1.165) is 11.5 Å². The summed E-state index contributed by atoms with van der Waals surface area (Å²) in [6, 6.07) is 7.81. The van der Waals surface area contributed by atoms with E-state index >= 15 is 0 Å². The molecule has 0 saturated carbocycles. The zero-order valence-electron chi connectivity index (χ0n) is 17.0. The lowest BCUT2D eigenvalue weighted by Gasteiger charge is -2.16. The third-order valence-corrected chi connectivity index (χ3v) is 4.47. The van der Waals surface area contributed by atoms with Crippen LogP contribution in [-0.2, 0) is 4.84 Å². The largest absolute Gasteiger partial charge is 0.351 e. The predicted molar refractivity (Wildman–Crippen MR) is 114 cm³/mol. The first-order valence-corrected chi connectivity index (χ1v) is 9.55. The van der Waals surface area contributed by atoms with Crippen molar-refractivity contribution >= 4 is 40.5 Å². The van der Waals surface area contributed by atoms with Gasteiger partial charge in [0.05, 0.1) is 41.0 Å². The molecule has 0 aliphatic carbocycles. The Kier molecular flexibility index (Phi) is 6.53. The van der Waals surface area contributed by atoms with E-state index in [2.05, 4.69) is 31.0 Å². The molecular weight excluding hydrogens is 411 g/mol. The molecule has 0 spiro atoms. The first kappa shape index (κ1) is 21.5. The van der Waals surface area contributed by atoms with Gasteiger partial charge >= 0.3 is 0 Å². The summed E-state index contributed by atoms with van der Waals surface area (Å²) < 4.78 is 16.3. The molecule has 158 valence electrons. The van der Waals surface area contributed by atoms with Gasteiger partial charge in [-0.3, -0.25) is 9.63 Å². The summed E-state index contributed by atoms with van der Waals surface area (Å²) in [5, 5.41) is 10.8. The van der Waals surface area contributed by atoms with Gasteiger partial charge in [-0.2, -0.15) is 5.10 Å². The van der Waals surface area contributed by atoms with E-state index in [1.54, 1.807) is 6.07 Å². The Morgan fingerprint density at radius 1 is 1.27 bits per heavy atom. The van der Waals surface area contributed by atoms with Crippen molar-refractivity contribution in [2.24, 2.45) is 0 Å². The molecule has 8 nitrogen and oxygen atoms in total. The van der Waals surface area contributed by atoms with Gasteiger partial charge in [0.1, 0.15) is 17.5 Å². The standard InChI is InChI=1S/C20H22ClFN6O2/c1-11(2)28-18(8-12(3)26-28)25-17-9-16(14(21)10-23-17)24-19-13(20(29)27-30-4)6-5-7-15(19)22/h5-11H,1-4H3,(H,27,29)(H2,23,24,25). The zero-order chi connectivity index (χ0) is 21.8. The molecule has 1 aromatic carbocycles. The number of carbonyl (C=O) groups excluding carboxylic acids is 1. The summed E-state index contributed by atoms with van der Waals surface area (Å²) in [6.45, 7) is 5.94. The Morgan fingerprint density at radius 3 is 2.73 bits per heavy atom. The second-order valence-corrected chi connectivity index (χ2v) is 7.21. The molecule has 3 aromatic rings. The molecule has 0 radical (unpaired) electrons. The number of hydrogen-bond donors (Lipinski definition) is 3. The van der Waals surface area contributed by atoms with E-state index in [9.17, 15) is 9.18 Å². The lowest BCUT2D eigenvalue weighted by molar-refractivity contribution is 0.0538. The number of halogens is 2. The van der Waals surface area contributed by atoms with E-state index in [-0.39, 0.29) is 22.3 Å². The molecule has 2 heterocycles. The number of hydrogen-bond acceptors (Lipinski definition) is 6. The summed E-state index contributed by atoms with van der Waals surface area (Å²) in [6.07, 6.45) is 1.44. The fourth-order valence-corrected chi connectivity index (χ4v) is 3.01. The van der Waals surface area contributed by atoms with Crippen molar-refractivity contribution in [3.05, 3.63) is 58.6 Å². The Bertz CT molecular complexity index is 1070. The quantitative estimate of drug-likeness (QED) is 0.467. The van der Waals surface area contributed by atoms with Crippen molar-refractivity contribution in [2.75, 3.05) is 17.7 Å². The summed E-state index contributed by atoms with van der Waals surface area (Å²) in [5.74, 6) is 0.0197. The molecule has 3 rings (SSSR count). The van der Waals surface area contributed by atoms with Crippen LogP contribution < -0.4 is 16.1 Å². The fourth-order valence-electron chi connectivity index (χ4n) is 2.86. The minimum Gasteiger partial charge on any atom is -0.351 e. The monoisotopic (exact) mass is 432 g/mol. The maximum atomic E-state index is 14.5. The number of nitrogens with one attached hydrogen (secondary N) is 3. The number of amides is 1. The lowest BCUT2D eigenvalue weighted by atomic mass is 10.1. The van der Waals surface area contributed by atoms with E-state index < -0.39 is 11.7 Å². The van der Waals surface area contributed by atoms with Crippen LogP contribution in [-0.4, -0.2) is 27.8 Å². The smallest absolute Gasteiger partial charge is 0.277 e. The highest BCUT2D eigenvalue weighted by atomic mass is 35.5. The molecule has 0 saturated heterocycles. The van der Waals surface area contributed by atoms with Crippen molar-refractivity contribution in [3.63, 3.8) is 0 Å². The average Bonchev–Trinajstić information content (AvgIpc) is 3.06. The highest BCUT2D eigenvalue weighted by Crippen LogP contribution is 2.31. The number of hydroxylamine groups is 1. The van der Waals surface area contributed by atoms with Gasteiger partial charge in [-0.05, 0) is 32.9 Å². The van der Waals surface area contributed by atoms with E-state index in [0.29, 0.717) is 11.5 Å². The third-order valence-electron chi connectivity index (χ3n) is 4.17. The van der Waals surface area contributed by atoms with E-state index in [1.165, 1.54) is 31.5 Å². The summed E-state index contributed by atoms with van der Waals surface area (Å²) in [4.78, 5) is 21.1. The van der Waals surface area contributed by atoms with Crippen molar-refractivity contribution in [2.45, 2.75) is 26.8 Å². The molecule has 0 aliphatic heterocycles. The zero-order valence-corrected chi connectivity index (χ0v) is 17.7. The maximum Gasteiger partial charge on any atom is 0.277 e. The van der Waals surface area contributed by atoms with Crippen LogP contribution in [0.25, 0.3) is 0 Å². The van der Waals surface area contributed by atoms with Crippen molar-refractivity contribution in [1.29, 1.82) is 0 Å². The van der Waals surface area contributed by atoms with Gasteiger partial charge in [0.2, 0.25) is 0 Å². The van der Waals surface area contributed by atoms with E-state index in [4.69, 9.17) is 11.6 Å². The number of carbonyl (C=O) groups is 1. The van der Waals surface area contributed by atoms with Crippen LogP contribution >= 0.6 is 11.6 Å². The number of para-hydroxylation sites is 1. The molecule has 0 unspecified atom stereocenters. The molecule has 0 fully saturated rings. The van der Waals surface area contributed by atoms with Crippen LogP contribution in [0, 0.1) is 12.7 Å². The molecule has 0 atom stereocenters. The maximum absolute atomic E-state index is 14.5. The number of aromatic nitrogens is 3. The van der Waals surface area contributed by atoms with Crippen LogP contribution in [0.4, 0.5) is 27.4 Å². The summed E-state index contributed by atoms with van der Waals surface area (Å²) >= 11 is 6.26. The minimum absolute atomic E-state index is 0.0332.